The quantitative estimate of drug-likeness (QED) is 0.618. The number of hydrogen-bond donors (Lipinski definition) is 0. The molecule has 3 heteroatoms. The summed E-state index contributed by atoms with van der Waals surface area (Å²) in [6, 6.07) is 6.28. The molecule has 2 rings (SSSR count). The smallest absolute Gasteiger partial charge is 0.226 e. The van der Waals surface area contributed by atoms with Crippen LogP contribution in [0.2, 0.25) is 0 Å². The lowest BCUT2D eigenvalue weighted by atomic mass is 9.96. The molecule has 0 atom stereocenters. The Morgan fingerprint density at radius 3 is 2.73 bits per heavy atom. The minimum absolute atomic E-state index is 0.231. The van der Waals surface area contributed by atoms with Crippen LogP contribution in [0.15, 0.2) is 18.2 Å². The van der Waals surface area contributed by atoms with Crippen LogP contribution < -0.4 is 0 Å². The summed E-state index contributed by atoms with van der Waals surface area (Å²) >= 11 is 0. The van der Waals surface area contributed by atoms with Gasteiger partial charge in [-0.05, 0) is 43.7 Å². The molecule has 0 aliphatic carbocycles. The molecule has 118 valence electrons. The average molecular weight is 299 g/mol. The van der Waals surface area contributed by atoms with E-state index in [0.717, 1.165) is 31.5 Å². The van der Waals surface area contributed by atoms with Gasteiger partial charge in [0.25, 0.3) is 0 Å². The van der Waals surface area contributed by atoms with E-state index in [-0.39, 0.29) is 5.91 Å². The number of nitrogens with zero attached hydrogens (tertiary/aromatic N) is 1. The Bertz CT molecular complexity index is 551. The van der Waals surface area contributed by atoms with E-state index in [9.17, 15) is 4.79 Å². The SMILES string of the molecule is C#CCOCC1CCN(C(=O)Cc2ccc(C)cc2C)CC1. The van der Waals surface area contributed by atoms with E-state index in [1.165, 1.54) is 11.1 Å². The summed E-state index contributed by atoms with van der Waals surface area (Å²) in [4.78, 5) is 14.4. The molecule has 1 amide bonds. The zero-order valence-corrected chi connectivity index (χ0v) is 13.6. The van der Waals surface area contributed by atoms with Gasteiger partial charge in [-0.1, -0.05) is 29.7 Å². The van der Waals surface area contributed by atoms with E-state index in [1.54, 1.807) is 0 Å². The van der Waals surface area contributed by atoms with Crippen molar-refractivity contribution < 1.29 is 9.53 Å². The lowest BCUT2D eigenvalue weighted by Gasteiger charge is -2.32. The second kappa shape index (κ2) is 8.00. The van der Waals surface area contributed by atoms with Crippen molar-refractivity contribution in [3.63, 3.8) is 0 Å². The van der Waals surface area contributed by atoms with E-state index in [0.29, 0.717) is 25.6 Å². The van der Waals surface area contributed by atoms with Gasteiger partial charge in [0.2, 0.25) is 5.91 Å². The summed E-state index contributed by atoms with van der Waals surface area (Å²) < 4.78 is 5.40. The molecule has 1 aromatic rings. The first-order chi connectivity index (χ1) is 10.6. The highest BCUT2D eigenvalue weighted by Gasteiger charge is 2.23. The van der Waals surface area contributed by atoms with Gasteiger partial charge in [-0.2, -0.15) is 0 Å². The molecule has 0 aromatic heterocycles. The lowest BCUT2D eigenvalue weighted by Crippen LogP contribution is -2.40. The van der Waals surface area contributed by atoms with Crippen molar-refractivity contribution in [2.24, 2.45) is 5.92 Å². The third kappa shape index (κ3) is 4.61. The fourth-order valence-electron chi connectivity index (χ4n) is 2.95. The van der Waals surface area contributed by atoms with Crippen molar-refractivity contribution >= 4 is 5.91 Å². The number of carbonyl (C=O) groups is 1. The molecule has 1 aliphatic heterocycles. The minimum atomic E-state index is 0.231. The molecular formula is C19H25NO2. The molecule has 1 saturated heterocycles. The number of terminal acetylenes is 1. The summed E-state index contributed by atoms with van der Waals surface area (Å²) in [6.45, 7) is 6.90. The van der Waals surface area contributed by atoms with Gasteiger partial charge in [0.1, 0.15) is 6.61 Å². The standard InChI is InChI=1S/C19H25NO2/c1-4-11-22-14-17-7-9-20(10-8-17)19(21)13-18-6-5-15(2)12-16(18)3/h1,5-6,12,17H,7-11,13-14H2,2-3H3. The van der Waals surface area contributed by atoms with Crippen molar-refractivity contribution in [2.45, 2.75) is 33.1 Å². The number of amides is 1. The molecule has 3 nitrogen and oxygen atoms in total. The van der Waals surface area contributed by atoms with E-state index in [4.69, 9.17) is 11.2 Å². The fourth-order valence-corrected chi connectivity index (χ4v) is 2.95. The number of likely N-dealkylation sites (tertiary alicyclic amines) is 1. The Morgan fingerprint density at radius 1 is 1.36 bits per heavy atom. The first-order valence-electron chi connectivity index (χ1n) is 7.95. The van der Waals surface area contributed by atoms with Crippen LogP contribution in [0, 0.1) is 32.1 Å². The normalized spacial score (nSPS) is 15.6. The van der Waals surface area contributed by atoms with Gasteiger partial charge in [0, 0.05) is 13.1 Å². The Balaban J connectivity index is 1.81. The number of rotatable bonds is 5. The fraction of sp³-hybridized carbons (Fsp3) is 0.526. The van der Waals surface area contributed by atoms with Crippen LogP contribution in [0.4, 0.5) is 0 Å². The molecule has 0 spiro atoms. The summed E-state index contributed by atoms with van der Waals surface area (Å²) in [5.74, 6) is 3.24. The number of aryl methyl sites for hydroxylation is 2. The topological polar surface area (TPSA) is 29.5 Å². The molecule has 1 fully saturated rings. The molecule has 1 aliphatic rings. The molecule has 0 bridgehead atoms. The van der Waals surface area contributed by atoms with E-state index in [2.05, 4.69) is 38.0 Å². The highest BCUT2D eigenvalue weighted by Crippen LogP contribution is 2.19. The zero-order valence-electron chi connectivity index (χ0n) is 13.6. The average Bonchev–Trinajstić information content (AvgIpc) is 2.51. The third-order valence-electron chi connectivity index (χ3n) is 4.35. The molecule has 22 heavy (non-hydrogen) atoms. The summed E-state index contributed by atoms with van der Waals surface area (Å²) in [5.41, 5.74) is 3.57. The molecule has 1 heterocycles. The maximum Gasteiger partial charge on any atom is 0.226 e. The monoisotopic (exact) mass is 299 g/mol. The van der Waals surface area contributed by atoms with Crippen LogP contribution in [0.1, 0.15) is 29.5 Å². The van der Waals surface area contributed by atoms with Gasteiger partial charge >= 0.3 is 0 Å². The Morgan fingerprint density at radius 2 is 2.09 bits per heavy atom. The first-order valence-corrected chi connectivity index (χ1v) is 7.95. The van der Waals surface area contributed by atoms with Gasteiger partial charge in [0.15, 0.2) is 0 Å². The van der Waals surface area contributed by atoms with Crippen LogP contribution >= 0.6 is 0 Å². The van der Waals surface area contributed by atoms with Crippen LogP contribution in [-0.2, 0) is 16.0 Å². The van der Waals surface area contributed by atoms with Crippen molar-refractivity contribution in [1.82, 2.24) is 4.90 Å². The van der Waals surface area contributed by atoms with E-state index < -0.39 is 0 Å². The summed E-state index contributed by atoms with van der Waals surface area (Å²) in [5, 5.41) is 0. The number of piperidine rings is 1. The van der Waals surface area contributed by atoms with E-state index in [1.807, 2.05) is 4.90 Å². The van der Waals surface area contributed by atoms with E-state index >= 15 is 0 Å². The number of ether oxygens (including phenoxy) is 1. The Kier molecular flexibility index (Phi) is 6.03. The Hall–Kier alpha value is -1.79. The van der Waals surface area contributed by atoms with Crippen molar-refractivity contribution in [3.8, 4) is 12.3 Å². The highest BCUT2D eigenvalue weighted by molar-refractivity contribution is 5.79. The maximum absolute atomic E-state index is 12.4. The molecule has 0 radical (unpaired) electrons. The maximum atomic E-state index is 12.4. The van der Waals surface area contributed by atoms with Crippen LogP contribution in [0.3, 0.4) is 0 Å². The Labute approximate surface area is 133 Å². The summed E-state index contributed by atoms with van der Waals surface area (Å²) in [7, 11) is 0. The molecule has 0 saturated carbocycles. The van der Waals surface area contributed by atoms with Gasteiger partial charge < -0.3 is 9.64 Å². The highest BCUT2D eigenvalue weighted by atomic mass is 16.5. The van der Waals surface area contributed by atoms with Gasteiger partial charge in [0.05, 0.1) is 13.0 Å². The predicted octanol–water partition coefficient (Wildman–Crippen LogP) is 2.73. The van der Waals surface area contributed by atoms with Crippen molar-refractivity contribution in [1.29, 1.82) is 0 Å². The number of hydrogen-bond acceptors (Lipinski definition) is 2. The zero-order chi connectivity index (χ0) is 15.9. The van der Waals surface area contributed by atoms with Gasteiger partial charge in [-0.15, -0.1) is 6.42 Å². The first kappa shape index (κ1) is 16.6. The number of benzene rings is 1. The molecular weight excluding hydrogens is 274 g/mol. The van der Waals surface area contributed by atoms with Crippen molar-refractivity contribution in [2.75, 3.05) is 26.3 Å². The molecule has 0 N–H and O–H groups in total. The van der Waals surface area contributed by atoms with Crippen LogP contribution in [0.5, 0.6) is 0 Å². The predicted molar refractivity (Wildman–Crippen MR) is 88.6 cm³/mol. The largest absolute Gasteiger partial charge is 0.369 e. The number of carbonyl (C=O) groups excluding carboxylic acids is 1. The van der Waals surface area contributed by atoms with Crippen LogP contribution in [0.25, 0.3) is 0 Å². The van der Waals surface area contributed by atoms with Crippen molar-refractivity contribution in [3.05, 3.63) is 34.9 Å². The third-order valence-corrected chi connectivity index (χ3v) is 4.35. The van der Waals surface area contributed by atoms with Gasteiger partial charge in [-0.3, -0.25) is 4.79 Å². The van der Waals surface area contributed by atoms with Crippen LogP contribution in [-0.4, -0.2) is 37.1 Å². The second-order valence-corrected chi connectivity index (χ2v) is 6.15. The summed E-state index contributed by atoms with van der Waals surface area (Å²) in [6.07, 6.45) is 7.68. The minimum Gasteiger partial charge on any atom is -0.369 e. The molecule has 1 aromatic carbocycles. The van der Waals surface area contributed by atoms with Gasteiger partial charge in [-0.25, -0.2) is 0 Å². The second-order valence-electron chi connectivity index (χ2n) is 6.15. The molecule has 0 unspecified atom stereocenters. The lowest BCUT2D eigenvalue weighted by molar-refractivity contribution is -0.132.